The van der Waals surface area contributed by atoms with E-state index in [0.29, 0.717) is 12.2 Å². The van der Waals surface area contributed by atoms with Gasteiger partial charge in [-0.25, -0.2) is 34.9 Å². The zero-order valence-corrected chi connectivity index (χ0v) is 44.9. The molecule has 0 spiro atoms. The third-order valence-electron chi connectivity index (χ3n) is 9.86. The van der Waals surface area contributed by atoms with E-state index in [-0.39, 0.29) is 46.4 Å². The van der Waals surface area contributed by atoms with E-state index >= 15 is 0 Å². The van der Waals surface area contributed by atoms with Gasteiger partial charge in [-0.3, -0.25) is 9.59 Å². The molecule has 0 heterocycles. The largest absolute Gasteiger partial charge is 0.643 e. The van der Waals surface area contributed by atoms with Crippen LogP contribution in [-0.4, -0.2) is 61.1 Å². The Kier molecular flexibility index (Phi) is 31.4. The van der Waals surface area contributed by atoms with Gasteiger partial charge < -0.3 is 30.3 Å². The second-order valence-electron chi connectivity index (χ2n) is 17.4. The smallest absolute Gasteiger partial charge is 0.508 e. The molecule has 0 amide bonds. The number of hydrogen-bond acceptors (Lipinski definition) is 6. The summed E-state index contributed by atoms with van der Waals surface area (Å²) in [7, 11) is 14.8. The number of carboxylic acid groups (broad SMARTS) is 3. The summed E-state index contributed by atoms with van der Waals surface area (Å²) in [5, 5.41) is 44.4. The molecule has 0 atom stereocenters. The van der Waals surface area contributed by atoms with Gasteiger partial charge in [0.25, 0.3) is 0 Å². The molecule has 0 aliphatic heterocycles. The predicted molar refractivity (Wildman–Crippen MR) is 272 cm³/mol. The molecule has 14 heteroatoms. The van der Waals surface area contributed by atoms with Crippen LogP contribution in [0.1, 0.15) is 125 Å². The van der Waals surface area contributed by atoms with Crippen molar-refractivity contribution in [3.63, 3.8) is 0 Å². The van der Waals surface area contributed by atoms with Gasteiger partial charge in [-0.1, -0.05) is 114 Å². The highest BCUT2D eigenvalue weighted by molar-refractivity contribution is 8.93. The van der Waals surface area contributed by atoms with Crippen molar-refractivity contribution >= 4 is 82.7 Å². The molecule has 354 valence electrons. The first-order valence-corrected chi connectivity index (χ1v) is 25.4. The molecule has 9 nitrogen and oxygen atoms in total. The number of aldehydes is 1. The topological polar surface area (TPSA) is 169 Å². The molecule has 0 unspecified atom stereocenters. The molecule has 4 aromatic rings. The van der Waals surface area contributed by atoms with Crippen molar-refractivity contribution in [1.29, 1.82) is 0 Å². The predicted octanol–water partition coefficient (Wildman–Crippen LogP) is 13.7. The lowest BCUT2D eigenvalue weighted by Gasteiger charge is -2.23. The van der Waals surface area contributed by atoms with Crippen molar-refractivity contribution < 1.29 is 44.7 Å². The monoisotopic (exact) mass is 1020 g/mol. The third kappa shape index (κ3) is 28.2. The first-order valence-electron chi connectivity index (χ1n) is 20.2. The number of carbonyl (C=O) groups excluding carboxylic acids is 1. The van der Waals surface area contributed by atoms with E-state index in [9.17, 15) is 29.4 Å². The lowest BCUT2D eigenvalue weighted by Crippen LogP contribution is -2.21. The van der Waals surface area contributed by atoms with Crippen LogP contribution in [0.3, 0.4) is 0 Å². The van der Waals surface area contributed by atoms with Crippen LogP contribution in [0, 0.1) is 41.5 Å². The molecular weight excluding hydrogens is 958 g/mol. The number of aromatic hydroxyl groups is 2. The lowest BCUT2D eigenvalue weighted by molar-refractivity contribution is -0.139. The van der Waals surface area contributed by atoms with Crippen LogP contribution in [-0.2, 0) is 35.4 Å². The quantitative estimate of drug-likeness (QED) is 0.0589. The van der Waals surface area contributed by atoms with Crippen molar-refractivity contribution in [2.45, 2.75) is 132 Å². The maximum Gasteiger partial charge on any atom is 0.643 e. The minimum Gasteiger partial charge on any atom is -0.508 e. The van der Waals surface area contributed by atoms with Crippen LogP contribution in [0.5, 0.6) is 11.5 Å². The van der Waals surface area contributed by atoms with Gasteiger partial charge >= 0.3 is 29.3 Å². The first kappa shape index (κ1) is 64.5. The van der Waals surface area contributed by atoms with Gasteiger partial charge in [-0.2, -0.15) is 0 Å². The van der Waals surface area contributed by atoms with Crippen molar-refractivity contribution in [2.75, 3.05) is 0 Å². The van der Waals surface area contributed by atoms with Gasteiger partial charge in [0.15, 0.2) is 0 Å². The number of phenolic OH excluding ortho intramolecular Hbond substituents is 2. The number of aliphatic carboxylic acids is 3. The zero-order valence-electron chi connectivity index (χ0n) is 39.8. The number of aryl methyl sites for hydroxylation is 6. The van der Waals surface area contributed by atoms with Crippen LogP contribution < -0.4 is 0 Å². The summed E-state index contributed by atoms with van der Waals surface area (Å²) in [5.74, 6) is -1.90. The second kappa shape index (κ2) is 31.2. The summed E-state index contributed by atoms with van der Waals surface area (Å²) in [5.41, 5.74) is 9.86. The minimum absolute atomic E-state index is 0. The number of allylic oxidation sites excluding steroid dienone is 1. The van der Waals surface area contributed by atoms with Gasteiger partial charge in [0.05, 0.1) is 12.8 Å². The number of benzene rings is 4. The van der Waals surface area contributed by atoms with Crippen molar-refractivity contribution in [2.24, 2.45) is 0 Å². The van der Waals surface area contributed by atoms with E-state index < -0.39 is 34.7 Å². The molecule has 64 heavy (non-hydrogen) atoms. The highest BCUT2D eigenvalue weighted by Gasteiger charge is 2.25. The van der Waals surface area contributed by atoms with Crippen molar-refractivity contribution in [3.05, 3.63) is 141 Å². The van der Waals surface area contributed by atoms with Gasteiger partial charge in [0.2, 0.25) is 0 Å². The Morgan fingerprint density at radius 1 is 0.547 bits per heavy atom. The van der Waals surface area contributed by atoms with Gasteiger partial charge in [-0.05, 0) is 123 Å². The van der Waals surface area contributed by atoms with E-state index in [1.165, 1.54) is 28.3 Å². The Balaban J connectivity index is -0.000000726. The molecule has 0 bridgehead atoms. The number of carbonyl (C=O) groups is 4. The Morgan fingerprint density at radius 2 is 0.859 bits per heavy atom. The molecule has 0 radical (unpaired) electrons. The fraction of sp³-hybridized carbons (Fsp3) is 0.400. The van der Waals surface area contributed by atoms with Gasteiger partial charge in [-0.15, -0.1) is 17.0 Å². The molecule has 0 saturated heterocycles. The van der Waals surface area contributed by atoms with E-state index in [1.54, 1.807) is 39.0 Å². The molecule has 0 fully saturated rings. The molecule has 0 aliphatic rings. The lowest BCUT2D eigenvalue weighted by atomic mass is 9.80. The normalized spacial score (nSPS) is 10.3. The van der Waals surface area contributed by atoms with Crippen LogP contribution in [0.4, 0.5) is 0 Å². The number of phenols is 2. The van der Waals surface area contributed by atoms with Crippen LogP contribution in [0.2, 0.25) is 0 Å². The van der Waals surface area contributed by atoms with Crippen LogP contribution >= 0.6 is 47.1 Å². The molecular formula is C50H69AlBrCl3O9. The number of halogens is 4. The van der Waals surface area contributed by atoms with Gasteiger partial charge in [0, 0.05) is 23.3 Å². The molecule has 0 saturated carbocycles. The SMILES string of the molecule is Br.CC(C)=CC(=O)O.Cc1cc(C(C)(C)CC(=O)O)ccc1O.Cc1cc(C(C)(C)CC=O)ccc1O.Cc1ccc(C(C)(C)CC(=O)O)cc1C.Cc1ccccc1C.[Cl][Al]([Cl])[Cl]. The Hall–Kier alpha value is -3.82. The summed E-state index contributed by atoms with van der Waals surface area (Å²) in [6, 6.07) is 25.2. The second-order valence-corrected chi connectivity index (χ2v) is 23.8. The minimum atomic E-state index is -1.72. The highest BCUT2D eigenvalue weighted by Crippen LogP contribution is 2.31. The molecule has 0 aromatic heterocycles. The average Bonchev–Trinajstić information content (AvgIpc) is 3.12. The van der Waals surface area contributed by atoms with Crippen molar-refractivity contribution in [3.8, 4) is 11.5 Å². The van der Waals surface area contributed by atoms with Crippen LogP contribution in [0.25, 0.3) is 0 Å². The highest BCUT2D eigenvalue weighted by atomic mass is 79.9. The zero-order chi connectivity index (χ0) is 49.5. The molecule has 4 aromatic carbocycles. The summed E-state index contributed by atoms with van der Waals surface area (Å²) in [4.78, 5) is 41.7. The van der Waals surface area contributed by atoms with Crippen molar-refractivity contribution in [1.82, 2.24) is 0 Å². The molecule has 5 N–H and O–H groups in total. The first-order chi connectivity index (χ1) is 28.8. The molecule has 4 rings (SSSR count). The third-order valence-corrected chi connectivity index (χ3v) is 9.86. The summed E-state index contributed by atoms with van der Waals surface area (Å²) >= 11 is -1.72. The fourth-order valence-corrected chi connectivity index (χ4v) is 5.51. The fourth-order valence-electron chi connectivity index (χ4n) is 5.51. The Morgan fingerprint density at radius 3 is 1.11 bits per heavy atom. The summed E-state index contributed by atoms with van der Waals surface area (Å²) < 4.78 is 0. The van der Waals surface area contributed by atoms with E-state index in [1.807, 2.05) is 78.8 Å². The summed E-state index contributed by atoms with van der Waals surface area (Å²) in [6.45, 7) is 27.2. The van der Waals surface area contributed by atoms with E-state index in [0.717, 1.165) is 39.7 Å². The van der Waals surface area contributed by atoms with E-state index in [4.69, 9.17) is 45.5 Å². The molecule has 0 aliphatic carbocycles. The number of rotatable bonds is 10. The Labute approximate surface area is 409 Å². The number of hydrogen-bond donors (Lipinski definition) is 5. The van der Waals surface area contributed by atoms with E-state index in [2.05, 4.69) is 58.0 Å². The maximum absolute atomic E-state index is 10.7. The number of carboxylic acids is 3. The Bertz CT molecular complexity index is 2010. The summed E-state index contributed by atoms with van der Waals surface area (Å²) in [6.07, 6.45) is 2.84. The standard InChI is InChI=1S/C13H18O2.C12H16O3.C12H16O2.C8H10.C5H8O2.Al.BrH.3ClH/c1-9-5-6-11(7-10(9)2)13(3,4)8-12(14)15;1-8-6-9(4-5-10(8)13)12(2,3)7-11(14)15;1-9-8-10(4-5-11(9)14)12(2,3)6-7-13;1-7-5-3-4-6-8(7)2;1-4(2)3-5(6)7;;;;;/h5-7H,8H2,1-4H3,(H,14,15);4-6,13H,7H2,1-3H3,(H,14,15);4-5,7-8,14H,6H2,1-3H3;3-6H,1-2H3;3H,1-2H3,(H,6,7);;4*1H/q;;;;;+3;;;;/p-3. The maximum atomic E-state index is 10.7. The van der Waals surface area contributed by atoms with Crippen LogP contribution in [0.15, 0.2) is 90.5 Å². The average molecular weight is 1030 g/mol. The van der Waals surface area contributed by atoms with Gasteiger partial charge in [0.1, 0.15) is 17.8 Å².